The van der Waals surface area contributed by atoms with Gasteiger partial charge in [0.2, 0.25) is 0 Å². The third-order valence-electron chi connectivity index (χ3n) is 2.95. The van der Waals surface area contributed by atoms with Crippen LogP contribution < -0.4 is 11.4 Å². The van der Waals surface area contributed by atoms with E-state index in [0.29, 0.717) is 29.4 Å². The van der Waals surface area contributed by atoms with Crippen molar-refractivity contribution in [3.05, 3.63) is 52.2 Å². The van der Waals surface area contributed by atoms with Crippen molar-refractivity contribution in [2.24, 2.45) is 0 Å². The molecule has 0 saturated carbocycles. The molecule has 22 heavy (non-hydrogen) atoms. The van der Waals surface area contributed by atoms with Crippen LogP contribution in [-0.2, 0) is 16.1 Å². The quantitative estimate of drug-likeness (QED) is 0.709. The van der Waals surface area contributed by atoms with Gasteiger partial charge in [0.25, 0.3) is 0 Å². The molecule has 3 N–H and O–H groups in total. The van der Waals surface area contributed by atoms with E-state index in [1.807, 2.05) is 30.3 Å². The Balaban J connectivity index is 0.000000545. The maximum Gasteiger partial charge on any atom is 0.373 e. The zero-order valence-electron chi connectivity index (χ0n) is 11.7. The molecule has 0 saturated heterocycles. The molecule has 0 radical (unpaired) electrons. The normalized spacial score (nSPS) is 9.86. The number of H-pyrrole nitrogens is 1. The van der Waals surface area contributed by atoms with Crippen molar-refractivity contribution in [1.29, 1.82) is 0 Å². The lowest BCUT2D eigenvalue weighted by molar-refractivity contribution is -0.191. The van der Waals surface area contributed by atoms with Crippen molar-refractivity contribution in [3.63, 3.8) is 0 Å². The summed E-state index contributed by atoms with van der Waals surface area (Å²) in [4.78, 5) is 39.3. The summed E-state index contributed by atoms with van der Waals surface area (Å²) in [6.07, 6.45) is 0.250. The van der Waals surface area contributed by atoms with Gasteiger partial charge in [-0.05, 0) is 12.5 Å². The van der Waals surface area contributed by atoms with Gasteiger partial charge in [0.15, 0.2) is 11.5 Å². The first-order valence-electron chi connectivity index (χ1n) is 6.32. The summed E-state index contributed by atoms with van der Waals surface area (Å²) in [5, 5.41) is 0. The third-order valence-corrected chi connectivity index (χ3v) is 2.95. The minimum atomic E-state index is -0.231. The number of nitrogens with two attached hydrogens (primary N) is 1. The Morgan fingerprint density at radius 3 is 2.50 bits per heavy atom. The third kappa shape index (κ3) is 3.08. The second kappa shape index (κ2) is 6.47. The van der Waals surface area contributed by atoms with Gasteiger partial charge in [-0.15, -0.1) is 0 Å². The van der Waals surface area contributed by atoms with Gasteiger partial charge < -0.3 is 10.7 Å². The first-order chi connectivity index (χ1) is 10.6. The van der Waals surface area contributed by atoms with Crippen LogP contribution in [0.3, 0.4) is 0 Å². The number of imidazole rings is 1. The second-order valence-electron chi connectivity index (χ2n) is 4.44. The van der Waals surface area contributed by atoms with E-state index in [-0.39, 0.29) is 11.8 Å². The van der Waals surface area contributed by atoms with Gasteiger partial charge in [-0.25, -0.2) is 14.8 Å². The molecule has 0 aliphatic rings. The zero-order valence-corrected chi connectivity index (χ0v) is 11.7. The van der Waals surface area contributed by atoms with Crippen LogP contribution in [0.2, 0.25) is 0 Å². The van der Waals surface area contributed by atoms with E-state index in [4.69, 9.17) is 15.3 Å². The molecular formula is C14H13N5O3. The smallest absolute Gasteiger partial charge is 0.373 e. The summed E-state index contributed by atoms with van der Waals surface area (Å²) in [7, 11) is 0. The van der Waals surface area contributed by atoms with Crippen molar-refractivity contribution in [3.8, 4) is 0 Å². The Kier molecular flexibility index (Phi) is 4.45. The molecule has 0 amide bonds. The number of nitrogen functional groups attached to an aromatic ring is 1. The Morgan fingerprint density at radius 2 is 1.86 bits per heavy atom. The highest BCUT2D eigenvalue weighted by Gasteiger charge is 2.12. The van der Waals surface area contributed by atoms with Gasteiger partial charge >= 0.3 is 11.8 Å². The Bertz CT molecular complexity index is 877. The molecule has 0 bridgehead atoms. The van der Waals surface area contributed by atoms with E-state index in [9.17, 15) is 4.79 Å². The Hall–Kier alpha value is -3.25. The van der Waals surface area contributed by atoms with E-state index in [1.165, 1.54) is 0 Å². The van der Waals surface area contributed by atoms with Crippen LogP contribution in [-0.4, -0.2) is 25.7 Å². The fourth-order valence-corrected chi connectivity index (χ4v) is 2.08. The van der Waals surface area contributed by atoms with E-state index in [2.05, 4.69) is 15.0 Å². The van der Waals surface area contributed by atoms with Gasteiger partial charge in [-0.3, -0.25) is 4.57 Å². The number of rotatable bonds is 2. The lowest BCUT2D eigenvalue weighted by Gasteiger charge is -2.03. The highest BCUT2D eigenvalue weighted by molar-refractivity contribution is 5.81. The number of hydrogen-bond donors (Lipinski definition) is 2. The molecule has 8 heteroatoms. The van der Waals surface area contributed by atoms with Crippen LogP contribution in [0.4, 0.5) is 5.82 Å². The van der Waals surface area contributed by atoms with Crippen LogP contribution in [0.15, 0.2) is 35.1 Å². The minimum absolute atomic E-state index is 0.231. The highest BCUT2D eigenvalue weighted by atomic mass is 16.2. The lowest BCUT2D eigenvalue weighted by Crippen LogP contribution is -2.17. The number of aromatic amines is 1. The van der Waals surface area contributed by atoms with Crippen molar-refractivity contribution in [1.82, 2.24) is 19.5 Å². The summed E-state index contributed by atoms with van der Waals surface area (Å²) < 4.78 is 1.57. The number of fused-ring (bicyclic) bond motifs is 1. The molecule has 0 aliphatic heterocycles. The van der Waals surface area contributed by atoms with Gasteiger partial charge in [-0.1, -0.05) is 30.3 Å². The molecular weight excluding hydrogens is 286 g/mol. The molecule has 0 fully saturated rings. The number of hydrogen-bond acceptors (Lipinski definition) is 6. The molecule has 3 rings (SSSR count). The molecule has 1 aromatic carbocycles. The minimum Gasteiger partial charge on any atom is -0.382 e. The van der Waals surface area contributed by atoms with Gasteiger partial charge in [0.1, 0.15) is 11.3 Å². The predicted molar refractivity (Wildman–Crippen MR) is 77.8 cm³/mol. The number of nitrogens with zero attached hydrogens (tertiary/aromatic N) is 3. The number of benzene rings is 1. The maximum atomic E-state index is 12.0. The van der Waals surface area contributed by atoms with E-state index < -0.39 is 0 Å². The van der Waals surface area contributed by atoms with Gasteiger partial charge in [0.05, 0.1) is 6.54 Å². The number of anilines is 1. The zero-order chi connectivity index (χ0) is 16.1. The summed E-state index contributed by atoms with van der Waals surface area (Å²) in [6.45, 7) is 2.20. The average molecular weight is 299 g/mol. The fourth-order valence-electron chi connectivity index (χ4n) is 2.08. The largest absolute Gasteiger partial charge is 0.382 e. The van der Waals surface area contributed by atoms with Crippen LogP contribution in [0.25, 0.3) is 11.2 Å². The summed E-state index contributed by atoms with van der Waals surface area (Å²) in [6, 6.07) is 9.73. The van der Waals surface area contributed by atoms with Crippen molar-refractivity contribution < 1.29 is 9.59 Å². The summed E-state index contributed by atoms with van der Waals surface area (Å²) in [5.41, 5.74) is 7.63. The summed E-state index contributed by atoms with van der Waals surface area (Å²) >= 11 is 0. The van der Waals surface area contributed by atoms with Gasteiger partial charge in [0, 0.05) is 0 Å². The topological polar surface area (TPSA) is 124 Å². The lowest BCUT2D eigenvalue weighted by atomic mass is 10.2. The number of aryl methyl sites for hydroxylation is 1. The Labute approximate surface area is 124 Å². The molecule has 0 atom stereocenters. The van der Waals surface area contributed by atoms with E-state index in [0.717, 1.165) is 5.56 Å². The predicted octanol–water partition coefficient (Wildman–Crippen LogP) is 0.475. The number of aromatic nitrogens is 4. The molecule has 8 nitrogen and oxygen atoms in total. The maximum absolute atomic E-state index is 12.0. The first-order valence-corrected chi connectivity index (χ1v) is 6.32. The average Bonchev–Trinajstić information content (AvgIpc) is 2.78. The molecule has 0 aliphatic carbocycles. The van der Waals surface area contributed by atoms with E-state index >= 15 is 0 Å². The standard InChI is InChI=1S/C13H13N5O.CO2/c1-8-15-11(14)10-12(16-8)18(13(19)17-10)7-9-5-3-2-4-6-9;2-1-3/h2-6H,7H2,1H3,(H,17,19)(H2,14,15,16);. The molecule has 112 valence electrons. The van der Waals surface area contributed by atoms with Crippen LogP contribution in [0.5, 0.6) is 0 Å². The van der Waals surface area contributed by atoms with Crippen LogP contribution in [0.1, 0.15) is 11.4 Å². The number of nitrogens with one attached hydrogen (secondary N) is 1. The van der Waals surface area contributed by atoms with E-state index in [1.54, 1.807) is 11.5 Å². The van der Waals surface area contributed by atoms with Gasteiger partial charge in [-0.2, -0.15) is 9.59 Å². The molecule has 0 spiro atoms. The highest BCUT2D eigenvalue weighted by Crippen LogP contribution is 2.14. The van der Waals surface area contributed by atoms with Crippen molar-refractivity contribution >= 4 is 23.1 Å². The second-order valence-corrected chi connectivity index (χ2v) is 4.44. The van der Waals surface area contributed by atoms with Crippen molar-refractivity contribution in [2.75, 3.05) is 5.73 Å². The fraction of sp³-hybridized carbons (Fsp3) is 0.143. The van der Waals surface area contributed by atoms with Crippen molar-refractivity contribution in [2.45, 2.75) is 13.5 Å². The first kappa shape index (κ1) is 15.1. The molecule has 2 aromatic heterocycles. The van der Waals surface area contributed by atoms with Crippen LogP contribution in [0, 0.1) is 6.92 Å². The monoisotopic (exact) mass is 299 g/mol. The molecule has 0 unspecified atom stereocenters. The molecule has 2 heterocycles. The number of carbonyl (C=O) groups excluding carboxylic acids is 2. The Morgan fingerprint density at radius 1 is 1.23 bits per heavy atom. The molecule has 3 aromatic rings. The summed E-state index contributed by atoms with van der Waals surface area (Å²) in [5.74, 6) is 0.845. The SMILES string of the molecule is Cc1nc(N)c2[nH]c(=O)n(Cc3ccccc3)c2n1.O=C=O. The van der Waals surface area contributed by atoms with Crippen LogP contribution >= 0.6 is 0 Å².